The average molecular weight is 408 g/mol. The minimum Gasteiger partial charge on any atom is -0.497 e. The monoisotopic (exact) mass is 408 g/mol. The van der Waals surface area contributed by atoms with Crippen molar-refractivity contribution in [2.45, 2.75) is 24.8 Å². The highest BCUT2D eigenvalue weighted by Gasteiger charge is 2.41. The van der Waals surface area contributed by atoms with Crippen molar-refractivity contribution in [2.75, 3.05) is 34.0 Å². The molecule has 6 nitrogen and oxygen atoms in total. The number of hydrogen-bond donors (Lipinski definition) is 1. The van der Waals surface area contributed by atoms with Gasteiger partial charge in [-0.1, -0.05) is 12.1 Å². The molecule has 6 heteroatoms. The van der Waals surface area contributed by atoms with Gasteiger partial charge in [0, 0.05) is 43.4 Å². The van der Waals surface area contributed by atoms with E-state index >= 15 is 0 Å². The summed E-state index contributed by atoms with van der Waals surface area (Å²) in [5.41, 5.74) is 1.58. The Morgan fingerprint density at radius 3 is 2.43 bits per heavy atom. The van der Waals surface area contributed by atoms with Gasteiger partial charge in [-0.25, -0.2) is 0 Å². The second kappa shape index (κ2) is 8.79. The number of carbonyl (C=O) groups excluding carboxylic acids is 1. The maximum absolute atomic E-state index is 13.3. The van der Waals surface area contributed by atoms with Crippen LogP contribution in [0.25, 0.3) is 10.9 Å². The second-order valence-corrected chi connectivity index (χ2v) is 7.61. The Morgan fingerprint density at radius 2 is 1.73 bits per heavy atom. The van der Waals surface area contributed by atoms with Crippen molar-refractivity contribution in [2.24, 2.45) is 0 Å². The third-order valence-corrected chi connectivity index (χ3v) is 6.04. The van der Waals surface area contributed by atoms with Crippen LogP contribution in [-0.2, 0) is 21.5 Å². The number of aromatic nitrogens is 1. The van der Waals surface area contributed by atoms with Crippen LogP contribution in [0.3, 0.4) is 0 Å². The maximum atomic E-state index is 13.3. The van der Waals surface area contributed by atoms with Crippen LogP contribution < -0.4 is 14.8 Å². The van der Waals surface area contributed by atoms with Gasteiger partial charge in [0.1, 0.15) is 11.5 Å². The summed E-state index contributed by atoms with van der Waals surface area (Å²) in [6.45, 7) is 2.44. The molecule has 0 unspecified atom stereocenters. The van der Waals surface area contributed by atoms with Gasteiger partial charge in [0.05, 0.1) is 19.6 Å². The smallest absolute Gasteiger partial charge is 0.230 e. The first-order valence-electron chi connectivity index (χ1n) is 10.3. The number of ether oxygens (including phenoxy) is 3. The van der Waals surface area contributed by atoms with E-state index in [9.17, 15) is 4.79 Å². The van der Waals surface area contributed by atoms with Gasteiger partial charge >= 0.3 is 0 Å². The van der Waals surface area contributed by atoms with Gasteiger partial charge in [-0.2, -0.15) is 0 Å². The summed E-state index contributed by atoms with van der Waals surface area (Å²) in [7, 11) is 3.32. The number of methoxy groups -OCH3 is 2. The van der Waals surface area contributed by atoms with E-state index in [0.29, 0.717) is 39.1 Å². The Bertz CT molecular complexity index is 1000. The van der Waals surface area contributed by atoms with Crippen LogP contribution in [0.1, 0.15) is 18.4 Å². The number of nitrogens with zero attached hydrogens (tertiary/aromatic N) is 1. The topological polar surface area (TPSA) is 61.7 Å². The molecule has 0 atom stereocenters. The van der Waals surface area contributed by atoms with Crippen LogP contribution in [0.4, 0.5) is 0 Å². The lowest BCUT2D eigenvalue weighted by atomic mass is 9.73. The van der Waals surface area contributed by atoms with E-state index in [1.165, 1.54) is 0 Å². The number of fused-ring (bicyclic) bond motifs is 1. The number of nitrogens with one attached hydrogen (secondary N) is 1. The Hall–Kier alpha value is -2.99. The Balaban J connectivity index is 1.46. The van der Waals surface area contributed by atoms with Crippen LogP contribution in [0, 0.1) is 0 Å². The first-order valence-corrected chi connectivity index (χ1v) is 10.3. The lowest BCUT2D eigenvalue weighted by Crippen LogP contribution is -2.48. The van der Waals surface area contributed by atoms with Crippen LogP contribution in [0.5, 0.6) is 11.5 Å². The summed E-state index contributed by atoms with van der Waals surface area (Å²) in [6, 6.07) is 15.9. The van der Waals surface area contributed by atoms with E-state index in [2.05, 4.69) is 16.0 Å². The predicted octanol–water partition coefficient (Wildman–Crippen LogP) is 3.52. The van der Waals surface area contributed by atoms with Crippen molar-refractivity contribution in [3.63, 3.8) is 0 Å². The van der Waals surface area contributed by atoms with Gasteiger partial charge in [-0.15, -0.1) is 0 Å². The SMILES string of the molecule is COc1ccc(C2(C(=O)NCCn3ccc4cc(OC)ccc43)CCOCC2)cc1. The number of hydrogen-bond acceptors (Lipinski definition) is 4. The molecule has 1 saturated heterocycles. The van der Waals surface area contributed by atoms with E-state index in [1.54, 1.807) is 14.2 Å². The molecule has 0 bridgehead atoms. The molecular weight excluding hydrogens is 380 g/mol. The van der Waals surface area contributed by atoms with Crippen molar-refractivity contribution in [1.29, 1.82) is 0 Å². The molecule has 0 saturated carbocycles. The molecule has 158 valence electrons. The molecule has 0 spiro atoms. The van der Waals surface area contributed by atoms with Crippen molar-refractivity contribution in [3.8, 4) is 11.5 Å². The second-order valence-electron chi connectivity index (χ2n) is 7.61. The number of amides is 1. The standard InChI is InChI=1S/C24H28N2O4/c1-28-20-5-3-19(4-6-20)24(10-15-30-16-11-24)23(27)25-12-14-26-13-9-18-17-21(29-2)7-8-22(18)26/h3-9,13,17H,10-12,14-16H2,1-2H3,(H,25,27). The zero-order valence-electron chi connectivity index (χ0n) is 17.5. The first kappa shape index (κ1) is 20.3. The molecule has 1 N–H and O–H groups in total. The van der Waals surface area contributed by atoms with E-state index in [-0.39, 0.29) is 5.91 Å². The lowest BCUT2D eigenvalue weighted by molar-refractivity contribution is -0.130. The van der Waals surface area contributed by atoms with E-state index in [4.69, 9.17) is 14.2 Å². The summed E-state index contributed by atoms with van der Waals surface area (Å²) in [5.74, 6) is 1.70. The lowest BCUT2D eigenvalue weighted by Gasteiger charge is -2.36. The molecule has 4 rings (SSSR count). The number of rotatable bonds is 7. The Kier molecular flexibility index (Phi) is 5.95. The molecule has 1 aliphatic rings. The third kappa shape index (κ3) is 3.87. The fraction of sp³-hybridized carbons (Fsp3) is 0.375. The molecule has 1 fully saturated rings. The number of carbonyl (C=O) groups is 1. The largest absolute Gasteiger partial charge is 0.497 e. The summed E-state index contributed by atoms with van der Waals surface area (Å²) in [5, 5.41) is 4.30. The highest BCUT2D eigenvalue weighted by atomic mass is 16.5. The molecule has 2 heterocycles. The molecule has 0 aliphatic carbocycles. The zero-order chi connectivity index (χ0) is 21.0. The molecule has 1 aliphatic heterocycles. The predicted molar refractivity (Wildman–Crippen MR) is 116 cm³/mol. The number of benzene rings is 2. The fourth-order valence-corrected chi connectivity index (χ4v) is 4.24. The Labute approximate surface area is 176 Å². The quantitative estimate of drug-likeness (QED) is 0.650. The molecule has 3 aromatic rings. The summed E-state index contributed by atoms with van der Waals surface area (Å²) in [6.07, 6.45) is 3.40. The van der Waals surface area contributed by atoms with Crippen LogP contribution in [0.15, 0.2) is 54.7 Å². The maximum Gasteiger partial charge on any atom is 0.230 e. The van der Waals surface area contributed by atoms with Crippen LogP contribution >= 0.6 is 0 Å². The van der Waals surface area contributed by atoms with Gasteiger partial charge in [0.2, 0.25) is 5.91 Å². The van der Waals surface area contributed by atoms with Crippen LogP contribution in [-0.4, -0.2) is 44.5 Å². The van der Waals surface area contributed by atoms with Gasteiger partial charge in [0.15, 0.2) is 0 Å². The van der Waals surface area contributed by atoms with E-state index in [1.807, 2.05) is 48.7 Å². The van der Waals surface area contributed by atoms with E-state index < -0.39 is 5.41 Å². The van der Waals surface area contributed by atoms with Gasteiger partial charge in [0.25, 0.3) is 0 Å². The van der Waals surface area contributed by atoms with Gasteiger partial charge in [-0.05, 0) is 54.8 Å². The van der Waals surface area contributed by atoms with Crippen LogP contribution in [0.2, 0.25) is 0 Å². The van der Waals surface area contributed by atoms with Crippen molar-refractivity contribution < 1.29 is 19.0 Å². The fourth-order valence-electron chi connectivity index (χ4n) is 4.24. The van der Waals surface area contributed by atoms with Crippen molar-refractivity contribution in [3.05, 3.63) is 60.3 Å². The molecule has 0 radical (unpaired) electrons. The highest BCUT2D eigenvalue weighted by molar-refractivity contribution is 5.88. The molecule has 1 aromatic heterocycles. The van der Waals surface area contributed by atoms with Gasteiger partial charge in [-0.3, -0.25) is 4.79 Å². The van der Waals surface area contributed by atoms with E-state index in [0.717, 1.165) is 28.0 Å². The van der Waals surface area contributed by atoms with Gasteiger partial charge < -0.3 is 24.1 Å². The summed E-state index contributed by atoms with van der Waals surface area (Å²) in [4.78, 5) is 13.3. The molecule has 2 aromatic carbocycles. The zero-order valence-corrected chi connectivity index (χ0v) is 17.5. The summed E-state index contributed by atoms with van der Waals surface area (Å²) < 4.78 is 18.3. The molecule has 1 amide bonds. The average Bonchev–Trinajstić information content (AvgIpc) is 3.21. The molecule has 30 heavy (non-hydrogen) atoms. The molecular formula is C24H28N2O4. The van der Waals surface area contributed by atoms with Crippen molar-refractivity contribution >= 4 is 16.8 Å². The minimum absolute atomic E-state index is 0.0640. The first-order chi connectivity index (χ1) is 14.7. The Morgan fingerprint density at radius 1 is 1.03 bits per heavy atom. The normalized spacial score (nSPS) is 15.7. The van der Waals surface area contributed by atoms with Crippen molar-refractivity contribution in [1.82, 2.24) is 9.88 Å². The highest BCUT2D eigenvalue weighted by Crippen LogP contribution is 2.36. The summed E-state index contributed by atoms with van der Waals surface area (Å²) >= 11 is 0. The third-order valence-electron chi connectivity index (χ3n) is 6.04. The minimum atomic E-state index is -0.559.